The standard InChI is InChI=1S/C8H5Cl3O2.3C4H9.Sn/c9-5-1-2-6(10)8(11)4(5)3-7(12)13;3*1-3-4-2;/h1-2H,3H2,(H,12,13);3*1,3-4H2,2H3;/q;;;;+1/p-1. The number of carboxylic acid groups (broad SMARTS) is 1. The number of aliphatic carboxylic acids is 1. The van der Waals surface area contributed by atoms with Crippen molar-refractivity contribution in [2.45, 2.75) is 79.0 Å². The SMILES string of the molecule is CCC[CH2][Sn+]([CH2]CCC)[CH2]CCC.O=C([O-])Cc1c(Cl)ccc(Cl)c1Cl. The molecule has 1 rings (SSSR count). The third kappa shape index (κ3) is 11.9. The summed E-state index contributed by atoms with van der Waals surface area (Å²) in [6.07, 6.45) is 8.51. The number of hydrogen-bond acceptors (Lipinski definition) is 2. The van der Waals surface area contributed by atoms with Gasteiger partial charge in [0, 0.05) is 17.4 Å². The summed E-state index contributed by atoms with van der Waals surface area (Å²) in [5.74, 6) is -1.24. The van der Waals surface area contributed by atoms with E-state index in [9.17, 15) is 9.90 Å². The van der Waals surface area contributed by atoms with Crippen LogP contribution in [0.2, 0.25) is 28.4 Å². The number of rotatable bonds is 11. The van der Waals surface area contributed by atoms with Crippen molar-refractivity contribution in [2.24, 2.45) is 0 Å². The van der Waals surface area contributed by atoms with Crippen molar-refractivity contribution in [3.63, 3.8) is 0 Å². The third-order valence-electron chi connectivity index (χ3n) is 4.11. The molecule has 0 spiro atoms. The van der Waals surface area contributed by atoms with Crippen molar-refractivity contribution in [2.75, 3.05) is 0 Å². The molecular weight excluding hydrogens is 497 g/mol. The molecule has 0 aliphatic carbocycles. The van der Waals surface area contributed by atoms with E-state index in [1.165, 1.54) is 50.7 Å². The van der Waals surface area contributed by atoms with Gasteiger partial charge in [-0.1, -0.05) is 34.8 Å². The van der Waals surface area contributed by atoms with E-state index < -0.39 is 25.7 Å². The van der Waals surface area contributed by atoms with Gasteiger partial charge in [-0.2, -0.15) is 0 Å². The molecule has 6 heteroatoms. The zero-order chi connectivity index (χ0) is 19.9. The van der Waals surface area contributed by atoms with Crippen LogP contribution in [0, 0.1) is 0 Å². The number of benzene rings is 1. The quantitative estimate of drug-likeness (QED) is 0.234. The average molecular weight is 529 g/mol. The van der Waals surface area contributed by atoms with Gasteiger partial charge in [-0.3, -0.25) is 0 Å². The molecule has 1 aromatic carbocycles. The van der Waals surface area contributed by atoms with Crippen LogP contribution < -0.4 is 5.11 Å². The molecule has 1 aromatic rings. The monoisotopic (exact) mass is 528 g/mol. The first kappa shape index (κ1) is 26.4. The molecule has 0 amide bonds. The Morgan fingerprint density at radius 1 is 0.885 bits per heavy atom. The van der Waals surface area contributed by atoms with E-state index in [2.05, 4.69) is 20.8 Å². The number of carboxylic acids is 1. The topological polar surface area (TPSA) is 40.1 Å². The Labute approximate surface area is 181 Å². The molecule has 0 N–H and O–H groups in total. The Balaban J connectivity index is 0.000000481. The molecule has 0 radical (unpaired) electrons. The van der Waals surface area contributed by atoms with Crippen molar-refractivity contribution < 1.29 is 9.90 Å². The van der Waals surface area contributed by atoms with Crippen molar-refractivity contribution in [1.82, 2.24) is 0 Å². The predicted octanol–water partition coefficient (Wildman–Crippen LogP) is 6.82. The molecule has 0 saturated heterocycles. The fraction of sp³-hybridized carbons (Fsp3) is 0.650. The summed E-state index contributed by atoms with van der Waals surface area (Å²) in [4.78, 5) is 10.3. The molecular formula is C20H31Cl3O2Sn. The second-order valence-electron chi connectivity index (χ2n) is 6.43. The van der Waals surface area contributed by atoms with Gasteiger partial charge < -0.3 is 9.90 Å². The molecule has 0 aromatic heterocycles. The summed E-state index contributed by atoms with van der Waals surface area (Å²) in [5, 5.41) is 11.0. The smallest absolute Gasteiger partial charge is 0.0642 e. The van der Waals surface area contributed by atoms with E-state index in [-0.39, 0.29) is 27.1 Å². The first-order valence-electron chi connectivity index (χ1n) is 9.52. The Kier molecular flexibility index (Phi) is 16.6. The van der Waals surface area contributed by atoms with Gasteiger partial charge >= 0.3 is 92.4 Å². The molecule has 0 heterocycles. The maximum absolute atomic E-state index is 10.3. The zero-order valence-corrected chi connectivity index (χ0v) is 21.3. The average Bonchev–Trinajstić information content (AvgIpc) is 2.62. The minimum absolute atomic E-state index is 0.165. The van der Waals surface area contributed by atoms with Gasteiger partial charge in [0.2, 0.25) is 0 Å². The summed E-state index contributed by atoms with van der Waals surface area (Å²) >= 11 is 16.3. The van der Waals surface area contributed by atoms with E-state index in [0.717, 1.165) is 0 Å². The summed E-state index contributed by atoms with van der Waals surface area (Å²) in [5.41, 5.74) is 0.288. The van der Waals surface area contributed by atoms with Crippen LogP contribution in [0.1, 0.15) is 64.9 Å². The van der Waals surface area contributed by atoms with Gasteiger partial charge in [0.1, 0.15) is 0 Å². The molecule has 2 nitrogen and oxygen atoms in total. The number of hydrogen-bond donors (Lipinski definition) is 0. The van der Waals surface area contributed by atoms with Crippen molar-refractivity contribution in [1.29, 1.82) is 0 Å². The molecule has 0 aliphatic rings. The number of carbonyl (C=O) groups is 1. The van der Waals surface area contributed by atoms with Gasteiger partial charge in [-0.25, -0.2) is 0 Å². The molecule has 26 heavy (non-hydrogen) atoms. The molecule has 0 fully saturated rings. The normalized spacial score (nSPS) is 10.2. The van der Waals surface area contributed by atoms with Gasteiger partial charge in [-0.15, -0.1) is 0 Å². The van der Waals surface area contributed by atoms with E-state index in [1.54, 1.807) is 13.3 Å². The number of unbranched alkanes of at least 4 members (excludes halogenated alkanes) is 3. The first-order chi connectivity index (χ1) is 12.4. The molecule has 0 saturated carbocycles. The van der Waals surface area contributed by atoms with Gasteiger partial charge in [0.15, 0.2) is 0 Å². The van der Waals surface area contributed by atoms with Crippen LogP contribution >= 0.6 is 34.8 Å². The Morgan fingerprint density at radius 3 is 1.69 bits per heavy atom. The summed E-state index contributed by atoms with van der Waals surface area (Å²) < 4.78 is 5.04. The Morgan fingerprint density at radius 2 is 1.31 bits per heavy atom. The first-order valence-corrected chi connectivity index (χ1v) is 16.7. The van der Waals surface area contributed by atoms with E-state index >= 15 is 0 Å². The van der Waals surface area contributed by atoms with Crippen LogP contribution in [-0.4, -0.2) is 25.7 Å². The molecule has 0 unspecified atom stereocenters. The van der Waals surface area contributed by atoms with Crippen LogP contribution in [-0.2, 0) is 11.2 Å². The maximum atomic E-state index is 10.3. The second kappa shape index (κ2) is 16.3. The van der Waals surface area contributed by atoms with Crippen molar-refractivity contribution in [3.8, 4) is 0 Å². The Hall–Kier alpha value is 0.359. The summed E-state index contributed by atoms with van der Waals surface area (Å²) in [6, 6.07) is 3.00. The predicted molar refractivity (Wildman–Crippen MR) is 115 cm³/mol. The van der Waals surface area contributed by atoms with Gasteiger partial charge in [-0.05, 0) is 17.7 Å². The van der Waals surface area contributed by atoms with E-state index in [0.29, 0.717) is 0 Å². The minimum atomic E-state index is -1.24. The summed E-state index contributed by atoms with van der Waals surface area (Å²) in [6.45, 7) is 7.00. The van der Waals surface area contributed by atoms with Crippen molar-refractivity contribution in [3.05, 3.63) is 32.8 Å². The van der Waals surface area contributed by atoms with Gasteiger partial charge in [0.05, 0.1) is 10.0 Å². The minimum Gasteiger partial charge on any atom is -0.550 e. The fourth-order valence-corrected chi connectivity index (χ4v) is 12.7. The molecule has 0 bridgehead atoms. The number of halogens is 3. The van der Waals surface area contributed by atoms with Crippen molar-refractivity contribution >= 4 is 60.5 Å². The van der Waals surface area contributed by atoms with E-state index in [1.807, 2.05) is 0 Å². The van der Waals surface area contributed by atoms with Crippen LogP contribution in [0.4, 0.5) is 0 Å². The van der Waals surface area contributed by atoms with Crippen LogP contribution in [0.5, 0.6) is 0 Å². The Bertz CT molecular complexity index is 505. The molecule has 148 valence electrons. The van der Waals surface area contributed by atoms with Gasteiger partial charge in [0.25, 0.3) is 0 Å². The maximum Gasteiger partial charge on any atom is 0.0642 e. The second-order valence-corrected chi connectivity index (χ2v) is 16.2. The zero-order valence-electron chi connectivity index (χ0n) is 16.2. The summed E-state index contributed by atoms with van der Waals surface area (Å²) in [7, 11) is 0. The van der Waals surface area contributed by atoms with Crippen LogP contribution in [0.15, 0.2) is 12.1 Å². The van der Waals surface area contributed by atoms with Crippen LogP contribution in [0.25, 0.3) is 0 Å². The number of carbonyl (C=O) groups excluding carboxylic acids is 1. The largest absolute Gasteiger partial charge is 0.550 e. The fourth-order valence-electron chi connectivity index (χ4n) is 2.53. The van der Waals surface area contributed by atoms with Crippen LogP contribution in [0.3, 0.4) is 0 Å². The van der Waals surface area contributed by atoms with E-state index in [4.69, 9.17) is 34.8 Å². The molecule has 0 aliphatic heterocycles. The molecule has 0 atom stereocenters. The third-order valence-corrected chi connectivity index (χ3v) is 14.4.